The van der Waals surface area contributed by atoms with E-state index < -0.39 is 0 Å². The number of carbonyl (C=O) groups is 1. The lowest BCUT2D eigenvalue weighted by atomic mass is 10.3. The van der Waals surface area contributed by atoms with E-state index in [1.807, 2.05) is 6.92 Å². The second-order valence-electron chi connectivity index (χ2n) is 1.35. The minimum atomic E-state index is 0.0162. The Balaban J connectivity index is 3.00. The molecule has 2 nitrogen and oxygen atoms in total. The van der Waals surface area contributed by atoms with Crippen LogP contribution >= 0.6 is 0 Å². The lowest BCUT2D eigenvalue weighted by Crippen LogP contribution is -2.13. The minimum absolute atomic E-state index is 0.0162. The number of nitrogens with one attached hydrogen (secondary N) is 1. The molecule has 0 heterocycles. The highest BCUT2D eigenvalue weighted by Gasteiger charge is 1.90. The largest absolute Gasteiger partial charge is 0.354 e. The highest BCUT2D eigenvalue weighted by Crippen LogP contribution is 1.82. The highest BCUT2D eigenvalue weighted by molar-refractivity contribution is 5.75. The van der Waals surface area contributed by atoms with Gasteiger partial charge in [0, 0.05) is 13.5 Å². The summed E-state index contributed by atoms with van der Waals surface area (Å²) >= 11 is 0. The molecule has 1 N–H and O–H groups in total. The van der Waals surface area contributed by atoms with Gasteiger partial charge in [-0.05, 0) is 6.42 Å². The molecule has 0 aliphatic rings. The first-order chi connectivity index (χ1) is 3.31. The molecule has 0 saturated heterocycles. The monoisotopic (exact) mass is 100 g/mol. The molecule has 7 heavy (non-hydrogen) atoms. The van der Waals surface area contributed by atoms with Crippen molar-refractivity contribution in [2.75, 3.05) is 0 Å². The Morgan fingerprint density at radius 2 is 2.43 bits per heavy atom. The van der Waals surface area contributed by atoms with E-state index >= 15 is 0 Å². The first-order valence-corrected chi connectivity index (χ1v) is 2.37. The maximum Gasteiger partial charge on any atom is 0.220 e. The molecule has 0 aliphatic carbocycles. The van der Waals surface area contributed by atoms with E-state index in [0.29, 0.717) is 6.42 Å². The van der Waals surface area contributed by atoms with Gasteiger partial charge < -0.3 is 5.32 Å². The number of hydrogen-bond acceptors (Lipinski definition) is 1. The molecule has 0 aromatic carbocycles. The van der Waals surface area contributed by atoms with Crippen LogP contribution < -0.4 is 5.32 Å². The van der Waals surface area contributed by atoms with Crippen LogP contribution in [0.3, 0.4) is 0 Å². The molecule has 1 radical (unpaired) electrons. The Labute approximate surface area is 43.9 Å². The van der Waals surface area contributed by atoms with E-state index in [-0.39, 0.29) is 5.91 Å². The van der Waals surface area contributed by atoms with Gasteiger partial charge in [0.2, 0.25) is 5.91 Å². The fourth-order valence-corrected chi connectivity index (χ4v) is 0.315. The maximum atomic E-state index is 10.2. The summed E-state index contributed by atoms with van der Waals surface area (Å²) in [4.78, 5) is 10.2. The average Bonchev–Trinajstić information content (AvgIpc) is 1.68. The van der Waals surface area contributed by atoms with Gasteiger partial charge in [-0.3, -0.25) is 4.79 Å². The zero-order valence-electron chi connectivity index (χ0n) is 4.53. The van der Waals surface area contributed by atoms with Crippen molar-refractivity contribution in [2.24, 2.45) is 0 Å². The van der Waals surface area contributed by atoms with Crippen LogP contribution in [0.15, 0.2) is 0 Å². The predicted molar refractivity (Wildman–Crippen MR) is 28.4 cm³/mol. The quantitative estimate of drug-likeness (QED) is 0.543. The van der Waals surface area contributed by atoms with Crippen LogP contribution in [-0.4, -0.2) is 5.91 Å². The molecule has 0 bridgehead atoms. The highest BCUT2D eigenvalue weighted by atomic mass is 16.1. The molecule has 41 valence electrons. The van der Waals surface area contributed by atoms with Crippen LogP contribution in [0.2, 0.25) is 0 Å². The van der Waals surface area contributed by atoms with Gasteiger partial charge in [-0.25, -0.2) is 0 Å². The summed E-state index contributed by atoms with van der Waals surface area (Å²) in [5.74, 6) is 0.0162. The zero-order chi connectivity index (χ0) is 5.70. The number of amides is 1. The van der Waals surface area contributed by atoms with Gasteiger partial charge in [0.05, 0.1) is 0 Å². The molecular formula is C5H10NO. The van der Waals surface area contributed by atoms with E-state index in [9.17, 15) is 4.79 Å². The van der Waals surface area contributed by atoms with Gasteiger partial charge in [-0.1, -0.05) is 6.92 Å². The summed E-state index contributed by atoms with van der Waals surface area (Å²) < 4.78 is 0. The van der Waals surface area contributed by atoms with Gasteiger partial charge in [-0.2, -0.15) is 0 Å². The third-order valence-corrected chi connectivity index (χ3v) is 0.674. The first-order valence-electron chi connectivity index (χ1n) is 2.37. The minimum Gasteiger partial charge on any atom is -0.354 e. The predicted octanol–water partition coefficient (Wildman–Crippen LogP) is 0.694. The summed E-state index contributed by atoms with van der Waals surface area (Å²) in [7, 11) is 3.20. The Hall–Kier alpha value is -0.530. The van der Waals surface area contributed by atoms with E-state index in [2.05, 4.69) is 12.4 Å². The third-order valence-electron chi connectivity index (χ3n) is 0.674. The standard InChI is InChI=1S/C5H10NO/c1-3-4-5(7)6-2/h2-4H2,1H3,(H,6,7). The number of hydrogen-bond donors (Lipinski definition) is 1. The SMILES string of the molecule is [CH2]NC(=O)CCC. The fraction of sp³-hybridized carbons (Fsp3) is 0.600. The van der Waals surface area contributed by atoms with Crippen LogP contribution in [-0.2, 0) is 4.79 Å². The van der Waals surface area contributed by atoms with Gasteiger partial charge in [-0.15, -0.1) is 0 Å². The van der Waals surface area contributed by atoms with Crippen LogP contribution in [0.25, 0.3) is 0 Å². The lowest BCUT2D eigenvalue weighted by Gasteiger charge is -1.90. The topological polar surface area (TPSA) is 29.1 Å². The second-order valence-corrected chi connectivity index (χ2v) is 1.35. The van der Waals surface area contributed by atoms with Gasteiger partial charge in [0.15, 0.2) is 0 Å². The third kappa shape index (κ3) is 3.30. The summed E-state index contributed by atoms with van der Waals surface area (Å²) in [5, 5.41) is 2.28. The molecule has 0 aromatic heterocycles. The Kier molecular flexibility index (Phi) is 3.38. The Morgan fingerprint density at radius 3 is 2.57 bits per heavy atom. The first kappa shape index (κ1) is 6.47. The molecule has 0 saturated carbocycles. The van der Waals surface area contributed by atoms with Crippen molar-refractivity contribution in [2.45, 2.75) is 19.8 Å². The molecule has 0 aromatic rings. The molecule has 0 unspecified atom stereocenters. The van der Waals surface area contributed by atoms with E-state index in [1.165, 1.54) is 0 Å². The molecule has 0 fully saturated rings. The van der Waals surface area contributed by atoms with Gasteiger partial charge >= 0.3 is 0 Å². The van der Waals surface area contributed by atoms with Crippen LogP contribution in [0.5, 0.6) is 0 Å². The zero-order valence-corrected chi connectivity index (χ0v) is 4.53. The van der Waals surface area contributed by atoms with E-state index in [1.54, 1.807) is 0 Å². The van der Waals surface area contributed by atoms with Gasteiger partial charge in [0.25, 0.3) is 0 Å². The smallest absolute Gasteiger partial charge is 0.220 e. The van der Waals surface area contributed by atoms with Crippen LogP contribution in [0.1, 0.15) is 19.8 Å². The molecule has 0 atom stereocenters. The number of carbonyl (C=O) groups excluding carboxylic acids is 1. The Morgan fingerprint density at radius 1 is 1.86 bits per heavy atom. The summed E-state index contributed by atoms with van der Waals surface area (Å²) in [6, 6.07) is 0. The normalized spacial score (nSPS) is 8.29. The van der Waals surface area contributed by atoms with Crippen molar-refractivity contribution in [3.63, 3.8) is 0 Å². The maximum absolute atomic E-state index is 10.2. The van der Waals surface area contributed by atoms with Crippen molar-refractivity contribution in [1.82, 2.24) is 5.32 Å². The number of rotatable bonds is 2. The van der Waals surface area contributed by atoms with Crippen LogP contribution in [0, 0.1) is 7.05 Å². The van der Waals surface area contributed by atoms with Crippen LogP contribution in [0.4, 0.5) is 0 Å². The molecule has 0 aliphatic heterocycles. The van der Waals surface area contributed by atoms with Crippen molar-refractivity contribution < 1.29 is 4.79 Å². The Bertz CT molecular complexity index is 61.1. The average molecular weight is 100 g/mol. The van der Waals surface area contributed by atoms with E-state index in [0.717, 1.165) is 6.42 Å². The molecule has 1 amide bonds. The molecular weight excluding hydrogens is 90.1 g/mol. The van der Waals surface area contributed by atoms with Crippen molar-refractivity contribution in [3.05, 3.63) is 7.05 Å². The van der Waals surface area contributed by atoms with E-state index in [4.69, 9.17) is 0 Å². The molecule has 2 heteroatoms. The second kappa shape index (κ2) is 3.65. The van der Waals surface area contributed by atoms with Crippen molar-refractivity contribution in [1.29, 1.82) is 0 Å². The molecule has 0 rings (SSSR count). The lowest BCUT2D eigenvalue weighted by molar-refractivity contribution is -0.120. The summed E-state index contributed by atoms with van der Waals surface area (Å²) in [6.45, 7) is 1.95. The van der Waals surface area contributed by atoms with Crippen molar-refractivity contribution >= 4 is 5.91 Å². The van der Waals surface area contributed by atoms with Crippen molar-refractivity contribution in [3.8, 4) is 0 Å². The fourth-order valence-electron chi connectivity index (χ4n) is 0.315. The van der Waals surface area contributed by atoms with Gasteiger partial charge in [0.1, 0.15) is 0 Å². The summed E-state index contributed by atoms with van der Waals surface area (Å²) in [5.41, 5.74) is 0. The molecule has 0 spiro atoms. The summed E-state index contributed by atoms with van der Waals surface area (Å²) in [6.07, 6.45) is 1.48.